The third kappa shape index (κ3) is 5.33. The van der Waals surface area contributed by atoms with E-state index in [2.05, 4.69) is 0 Å². The van der Waals surface area contributed by atoms with Crippen LogP contribution in [0.3, 0.4) is 0 Å². The van der Waals surface area contributed by atoms with Crippen molar-refractivity contribution in [2.45, 2.75) is 61.2 Å². The molecule has 7 N–H and O–H groups in total. The van der Waals surface area contributed by atoms with Crippen LogP contribution in [0.2, 0.25) is 0 Å². The number of fused-ring (bicyclic) bond motifs is 1. The molecule has 2 fully saturated rings. The average molecular weight is 551 g/mol. The van der Waals surface area contributed by atoms with Gasteiger partial charge >= 0.3 is 0 Å². The normalized spacial score (nSPS) is 36.3. The molecule has 5 rings (SSSR count). The Morgan fingerprint density at radius 3 is 2.41 bits per heavy atom. The molecule has 2 aromatic carbocycles. The van der Waals surface area contributed by atoms with Crippen molar-refractivity contribution in [2.24, 2.45) is 0 Å². The van der Waals surface area contributed by atoms with Crippen molar-refractivity contribution >= 4 is 5.78 Å². The Kier molecular flexibility index (Phi) is 7.79. The Morgan fingerprint density at radius 1 is 1.00 bits per heavy atom. The first-order valence-electron chi connectivity index (χ1n) is 12.3. The van der Waals surface area contributed by atoms with Crippen molar-refractivity contribution in [3.8, 4) is 17.2 Å². The van der Waals surface area contributed by atoms with Crippen LogP contribution in [0.25, 0.3) is 0 Å². The van der Waals surface area contributed by atoms with Gasteiger partial charge in [0.2, 0.25) is 6.29 Å². The number of hydrogen-bond donors (Lipinski definition) is 7. The lowest BCUT2D eigenvalue weighted by Crippen LogP contribution is -2.62. The van der Waals surface area contributed by atoms with Crippen LogP contribution < -0.4 is 9.47 Å². The van der Waals surface area contributed by atoms with E-state index < -0.39 is 74.6 Å². The molecule has 2 aromatic rings. The highest BCUT2D eigenvalue weighted by Gasteiger charge is 2.53. The second kappa shape index (κ2) is 11.0. The van der Waals surface area contributed by atoms with Crippen molar-refractivity contribution in [3.05, 3.63) is 53.6 Å². The number of carbonyl (C=O) groups excluding carboxylic acids is 1. The van der Waals surface area contributed by atoms with Gasteiger partial charge in [0.1, 0.15) is 53.4 Å². The maximum atomic E-state index is 12.5. The van der Waals surface area contributed by atoms with Crippen LogP contribution in [-0.4, -0.2) is 110 Å². The zero-order chi connectivity index (χ0) is 27.9. The van der Waals surface area contributed by atoms with Gasteiger partial charge < -0.3 is 59.4 Å². The van der Waals surface area contributed by atoms with Gasteiger partial charge in [0.25, 0.3) is 0 Å². The Bertz CT molecular complexity index is 1170. The monoisotopic (exact) mass is 550 g/mol. The number of Topliss-reactive ketones (excluding diaryl/α,β-unsaturated/α-hetero) is 1. The van der Waals surface area contributed by atoms with E-state index in [4.69, 9.17) is 23.7 Å². The predicted octanol–water partition coefficient (Wildman–Crippen LogP) is -1.26. The standard InChI is InChI=1S/C26H30O13/c27-9-19-20(31)21(32)22(39-25-23(33)26(34,10-28)11-35-25)24(38-19)36-14-4-1-12(2-5-14)17-8-16(30)15-6-3-13(29)7-18(15)37-17/h1-7,17,19-25,27-29,31-34H,8-11H2/t17-,19+,20?,21-,22+,23-,24+,25-,26+/m0/s1. The molecule has 0 bridgehead atoms. The Labute approximate surface area is 222 Å². The maximum absolute atomic E-state index is 12.5. The number of phenols is 1. The predicted molar refractivity (Wildman–Crippen MR) is 128 cm³/mol. The van der Waals surface area contributed by atoms with E-state index in [0.29, 0.717) is 11.1 Å². The van der Waals surface area contributed by atoms with Crippen LogP contribution in [0.5, 0.6) is 17.2 Å². The molecule has 0 saturated carbocycles. The molecule has 9 atom stereocenters. The topological polar surface area (TPSA) is 205 Å². The molecule has 0 aliphatic carbocycles. The van der Waals surface area contributed by atoms with Crippen molar-refractivity contribution in [1.82, 2.24) is 0 Å². The number of hydrogen-bond acceptors (Lipinski definition) is 13. The molecule has 0 spiro atoms. The fraction of sp³-hybridized carbons (Fsp3) is 0.500. The smallest absolute Gasteiger partial charge is 0.229 e. The number of ether oxygens (including phenoxy) is 5. The average Bonchev–Trinajstić information content (AvgIpc) is 3.21. The summed E-state index contributed by atoms with van der Waals surface area (Å²) in [6.07, 6.45) is -10.9. The first-order chi connectivity index (χ1) is 18.6. The summed E-state index contributed by atoms with van der Waals surface area (Å²) in [7, 11) is 0. The van der Waals surface area contributed by atoms with Gasteiger partial charge in [-0.25, -0.2) is 0 Å². The zero-order valence-electron chi connectivity index (χ0n) is 20.6. The Hall–Kier alpha value is -2.85. The molecule has 3 aliphatic heterocycles. The van der Waals surface area contributed by atoms with Crippen LogP contribution in [0.1, 0.15) is 28.4 Å². The van der Waals surface area contributed by atoms with E-state index in [0.717, 1.165) is 0 Å². The number of ketones is 1. The minimum absolute atomic E-state index is 0.0275. The number of carbonyl (C=O) groups is 1. The van der Waals surface area contributed by atoms with Gasteiger partial charge in [-0.05, 0) is 29.8 Å². The third-order valence-corrected chi connectivity index (χ3v) is 7.11. The molecule has 3 aliphatic rings. The molecule has 0 radical (unpaired) electrons. The van der Waals surface area contributed by atoms with Gasteiger partial charge in [0.15, 0.2) is 18.2 Å². The lowest BCUT2D eigenvalue weighted by atomic mass is 9.96. The van der Waals surface area contributed by atoms with Crippen molar-refractivity contribution in [1.29, 1.82) is 0 Å². The molecule has 1 unspecified atom stereocenters. The van der Waals surface area contributed by atoms with E-state index in [1.54, 1.807) is 24.3 Å². The second-order valence-electron chi connectivity index (χ2n) is 9.79. The van der Waals surface area contributed by atoms with E-state index in [-0.39, 0.29) is 29.5 Å². The highest BCUT2D eigenvalue weighted by atomic mass is 16.8. The SMILES string of the molecule is O=C1C[C@@H](c2ccc(O[C@@H]3O[C@H](CO)C(O)[C@H](O)[C@H]3O[C@@H]3OC[C@](O)(CO)[C@H]3O)cc2)Oc2cc(O)ccc21. The van der Waals surface area contributed by atoms with Crippen LogP contribution >= 0.6 is 0 Å². The first kappa shape index (κ1) is 27.7. The highest BCUT2D eigenvalue weighted by molar-refractivity contribution is 6.00. The summed E-state index contributed by atoms with van der Waals surface area (Å²) >= 11 is 0. The molecular formula is C26H30O13. The zero-order valence-corrected chi connectivity index (χ0v) is 20.6. The molecule has 13 heteroatoms. The quantitative estimate of drug-likeness (QED) is 0.215. The van der Waals surface area contributed by atoms with E-state index in [1.165, 1.54) is 18.2 Å². The molecule has 13 nitrogen and oxygen atoms in total. The number of aliphatic hydroxyl groups excluding tert-OH is 5. The minimum atomic E-state index is -1.98. The fourth-order valence-electron chi connectivity index (χ4n) is 4.75. The van der Waals surface area contributed by atoms with Gasteiger partial charge in [-0.15, -0.1) is 0 Å². The number of phenolic OH excluding ortho intramolecular Hbond substituents is 1. The van der Waals surface area contributed by atoms with Gasteiger partial charge in [-0.3, -0.25) is 4.79 Å². The summed E-state index contributed by atoms with van der Waals surface area (Å²) in [5.74, 6) is 0.348. The molecule has 3 heterocycles. The van der Waals surface area contributed by atoms with Crippen LogP contribution in [0, 0.1) is 0 Å². The number of rotatable bonds is 7. The van der Waals surface area contributed by atoms with Crippen molar-refractivity contribution in [2.75, 3.05) is 19.8 Å². The second-order valence-corrected chi connectivity index (χ2v) is 9.79. The maximum Gasteiger partial charge on any atom is 0.229 e. The molecule has 0 aromatic heterocycles. The summed E-state index contributed by atoms with van der Waals surface area (Å²) in [5.41, 5.74) is -0.945. The summed E-state index contributed by atoms with van der Waals surface area (Å²) < 4.78 is 28.3. The number of aromatic hydroxyl groups is 1. The van der Waals surface area contributed by atoms with E-state index >= 15 is 0 Å². The van der Waals surface area contributed by atoms with Gasteiger partial charge in [0.05, 0.1) is 31.8 Å². The largest absolute Gasteiger partial charge is 0.508 e. The fourth-order valence-corrected chi connectivity index (χ4v) is 4.75. The Morgan fingerprint density at radius 2 is 1.74 bits per heavy atom. The van der Waals surface area contributed by atoms with E-state index in [1.807, 2.05) is 0 Å². The lowest BCUT2D eigenvalue weighted by molar-refractivity contribution is -0.318. The summed E-state index contributed by atoms with van der Waals surface area (Å²) in [4.78, 5) is 12.5. The van der Waals surface area contributed by atoms with Crippen molar-refractivity contribution < 1.29 is 64.2 Å². The highest BCUT2D eigenvalue weighted by Crippen LogP contribution is 2.38. The van der Waals surface area contributed by atoms with Gasteiger partial charge in [-0.2, -0.15) is 0 Å². The summed E-state index contributed by atoms with van der Waals surface area (Å²) in [6.45, 7) is -1.88. The van der Waals surface area contributed by atoms with Crippen LogP contribution in [0.15, 0.2) is 42.5 Å². The number of benzene rings is 2. The molecule has 39 heavy (non-hydrogen) atoms. The summed E-state index contributed by atoms with van der Waals surface area (Å²) in [6, 6.07) is 10.7. The first-order valence-corrected chi connectivity index (χ1v) is 12.3. The van der Waals surface area contributed by atoms with E-state index in [9.17, 15) is 40.5 Å². The van der Waals surface area contributed by atoms with Gasteiger partial charge in [0, 0.05) is 6.07 Å². The lowest BCUT2D eigenvalue weighted by Gasteiger charge is -2.42. The third-order valence-electron chi connectivity index (χ3n) is 7.11. The molecule has 0 amide bonds. The minimum Gasteiger partial charge on any atom is -0.508 e. The van der Waals surface area contributed by atoms with Crippen molar-refractivity contribution in [3.63, 3.8) is 0 Å². The van der Waals surface area contributed by atoms with Crippen LogP contribution in [0.4, 0.5) is 0 Å². The number of aliphatic hydroxyl groups is 6. The molecular weight excluding hydrogens is 520 g/mol. The molecule has 2 saturated heterocycles. The van der Waals surface area contributed by atoms with Gasteiger partial charge in [-0.1, -0.05) is 12.1 Å². The van der Waals surface area contributed by atoms with Crippen LogP contribution in [-0.2, 0) is 14.2 Å². The Balaban J connectivity index is 1.31. The summed E-state index contributed by atoms with van der Waals surface area (Å²) in [5, 5.41) is 70.3. The molecule has 212 valence electrons.